The molecule has 1 aromatic carbocycles. The SMILES string of the molecule is CCNC(=NCCc1ccc(OC)c(OC)c1OC)N1CCC(N2CCOCC2)C1. The van der Waals surface area contributed by atoms with Crippen molar-refractivity contribution < 1.29 is 18.9 Å². The molecule has 2 heterocycles. The van der Waals surface area contributed by atoms with Crippen LogP contribution in [0, 0.1) is 0 Å². The molecular weight excluding hydrogens is 384 g/mol. The molecular formula is C22H36N4O4. The lowest BCUT2D eigenvalue weighted by Gasteiger charge is -2.32. The number of nitrogens with one attached hydrogen (secondary N) is 1. The number of nitrogens with zero attached hydrogens (tertiary/aromatic N) is 3. The van der Waals surface area contributed by atoms with Gasteiger partial charge in [0.05, 0.1) is 34.5 Å². The van der Waals surface area contributed by atoms with Gasteiger partial charge in [-0.2, -0.15) is 0 Å². The lowest BCUT2D eigenvalue weighted by Crippen LogP contribution is -2.46. The maximum Gasteiger partial charge on any atom is 0.203 e. The number of ether oxygens (including phenoxy) is 4. The summed E-state index contributed by atoms with van der Waals surface area (Å²) < 4.78 is 22.0. The van der Waals surface area contributed by atoms with Gasteiger partial charge in [0, 0.05) is 50.9 Å². The van der Waals surface area contributed by atoms with Gasteiger partial charge in [-0.05, 0) is 25.8 Å². The van der Waals surface area contributed by atoms with E-state index >= 15 is 0 Å². The van der Waals surface area contributed by atoms with Gasteiger partial charge in [0.25, 0.3) is 0 Å². The maximum absolute atomic E-state index is 5.60. The molecule has 0 aromatic heterocycles. The van der Waals surface area contributed by atoms with E-state index in [1.165, 1.54) is 6.42 Å². The maximum atomic E-state index is 5.60. The third-order valence-corrected chi connectivity index (χ3v) is 5.79. The first-order valence-electron chi connectivity index (χ1n) is 10.8. The average molecular weight is 421 g/mol. The van der Waals surface area contributed by atoms with Gasteiger partial charge in [0.1, 0.15) is 0 Å². The van der Waals surface area contributed by atoms with Crippen LogP contribution in [0.5, 0.6) is 17.2 Å². The van der Waals surface area contributed by atoms with Crippen LogP contribution < -0.4 is 19.5 Å². The normalized spacial score (nSPS) is 20.3. The van der Waals surface area contributed by atoms with E-state index in [-0.39, 0.29) is 0 Å². The molecule has 0 bridgehead atoms. The third kappa shape index (κ3) is 5.29. The molecule has 2 fully saturated rings. The Morgan fingerprint density at radius 3 is 2.53 bits per heavy atom. The molecule has 2 aliphatic rings. The van der Waals surface area contributed by atoms with E-state index < -0.39 is 0 Å². The molecule has 3 rings (SSSR count). The second kappa shape index (κ2) is 11.3. The topological polar surface area (TPSA) is 67.8 Å². The Kier molecular flexibility index (Phi) is 8.45. The second-order valence-electron chi connectivity index (χ2n) is 7.52. The number of hydrogen-bond donors (Lipinski definition) is 1. The summed E-state index contributed by atoms with van der Waals surface area (Å²) in [6, 6.07) is 4.52. The minimum atomic E-state index is 0.587. The molecule has 0 amide bonds. The zero-order valence-corrected chi connectivity index (χ0v) is 18.8. The summed E-state index contributed by atoms with van der Waals surface area (Å²) in [5.41, 5.74) is 1.06. The molecule has 8 nitrogen and oxygen atoms in total. The molecule has 1 N–H and O–H groups in total. The van der Waals surface area contributed by atoms with Crippen LogP contribution in [0.4, 0.5) is 0 Å². The van der Waals surface area contributed by atoms with E-state index in [0.29, 0.717) is 29.8 Å². The molecule has 2 saturated heterocycles. The summed E-state index contributed by atoms with van der Waals surface area (Å²) in [5.74, 6) is 3.00. The van der Waals surface area contributed by atoms with E-state index in [1.807, 2.05) is 12.1 Å². The molecule has 0 spiro atoms. The van der Waals surface area contributed by atoms with Crippen molar-refractivity contribution in [3.8, 4) is 17.2 Å². The summed E-state index contributed by atoms with van der Waals surface area (Å²) in [5, 5.41) is 3.46. The molecule has 1 aromatic rings. The molecule has 1 unspecified atom stereocenters. The molecule has 30 heavy (non-hydrogen) atoms. The highest BCUT2D eigenvalue weighted by molar-refractivity contribution is 5.80. The van der Waals surface area contributed by atoms with Gasteiger partial charge in [-0.25, -0.2) is 0 Å². The minimum absolute atomic E-state index is 0.587. The van der Waals surface area contributed by atoms with Crippen molar-refractivity contribution in [1.82, 2.24) is 15.1 Å². The van der Waals surface area contributed by atoms with Crippen LogP contribution in [0.3, 0.4) is 0 Å². The molecule has 8 heteroatoms. The van der Waals surface area contributed by atoms with Gasteiger partial charge in [-0.1, -0.05) is 6.07 Å². The van der Waals surface area contributed by atoms with E-state index in [9.17, 15) is 0 Å². The van der Waals surface area contributed by atoms with Crippen LogP contribution in [0.15, 0.2) is 17.1 Å². The molecule has 168 valence electrons. The van der Waals surface area contributed by atoms with Gasteiger partial charge < -0.3 is 29.2 Å². The number of likely N-dealkylation sites (tertiary alicyclic amines) is 1. The number of rotatable bonds is 8. The van der Waals surface area contributed by atoms with Crippen LogP contribution in [0.2, 0.25) is 0 Å². The van der Waals surface area contributed by atoms with Crippen LogP contribution in [0.25, 0.3) is 0 Å². The quantitative estimate of drug-likeness (QED) is 0.506. The average Bonchev–Trinajstić information content (AvgIpc) is 3.28. The number of methoxy groups -OCH3 is 3. The van der Waals surface area contributed by atoms with Crippen LogP contribution in [-0.2, 0) is 11.2 Å². The van der Waals surface area contributed by atoms with Gasteiger partial charge in [-0.3, -0.25) is 9.89 Å². The van der Waals surface area contributed by atoms with Gasteiger partial charge in [0.2, 0.25) is 5.75 Å². The lowest BCUT2D eigenvalue weighted by atomic mass is 10.1. The summed E-state index contributed by atoms with van der Waals surface area (Å²) in [7, 11) is 4.91. The van der Waals surface area contributed by atoms with Crippen LogP contribution in [0.1, 0.15) is 18.9 Å². The Balaban J connectivity index is 1.64. The smallest absolute Gasteiger partial charge is 0.203 e. The highest BCUT2D eigenvalue weighted by Crippen LogP contribution is 2.39. The van der Waals surface area contributed by atoms with Gasteiger partial charge in [0.15, 0.2) is 17.5 Å². The molecule has 1 atom stereocenters. The lowest BCUT2D eigenvalue weighted by molar-refractivity contribution is 0.0195. The number of guanidine groups is 1. The number of benzene rings is 1. The van der Waals surface area contributed by atoms with Gasteiger partial charge in [-0.15, -0.1) is 0 Å². The first-order valence-corrected chi connectivity index (χ1v) is 10.8. The minimum Gasteiger partial charge on any atom is -0.493 e. The van der Waals surface area contributed by atoms with Crippen molar-refractivity contribution in [1.29, 1.82) is 0 Å². The van der Waals surface area contributed by atoms with E-state index in [2.05, 4.69) is 22.0 Å². The predicted molar refractivity (Wildman–Crippen MR) is 118 cm³/mol. The van der Waals surface area contributed by atoms with E-state index in [4.69, 9.17) is 23.9 Å². The highest BCUT2D eigenvalue weighted by Gasteiger charge is 2.30. The third-order valence-electron chi connectivity index (χ3n) is 5.79. The van der Waals surface area contributed by atoms with Crippen LogP contribution in [-0.4, -0.2) is 95.6 Å². The van der Waals surface area contributed by atoms with Crippen molar-refractivity contribution in [3.63, 3.8) is 0 Å². The van der Waals surface area contributed by atoms with Crippen molar-refractivity contribution in [2.75, 3.05) is 73.8 Å². The Labute approximate surface area is 180 Å². The predicted octanol–water partition coefficient (Wildman–Crippen LogP) is 1.63. The fourth-order valence-corrected chi connectivity index (χ4v) is 4.24. The van der Waals surface area contributed by atoms with Gasteiger partial charge >= 0.3 is 0 Å². The number of aliphatic imine (C=N–C) groups is 1. The van der Waals surface area contributed by atoms with Crippen LogP contribution >= 0.6 is 0 Å². The van der Waals surface area contributed by atoms with Crippen molar-refractivity contribution >= 4 is 5.96 Å². The van der Waals surface area contributed by atoms with E-state index in [0.717, 1.165) is 63.9 Å². The second-order valence-corrected chi connectivity index (χ2v) is 7.52. The fraction of sp³-hybridized carbons (Fsp3) is 0.682. The summed E-state index contributed by atoms with van der Waals surface area (Å²) in [6.45, 7) is 9.46. The van der Waals surface area contributed by atoms with Crippen molar-refractivity contribution in [2.45, 2.75) is 25.8 Å². The molecule has 2 aliphatic heterocycles. The number of morpholine rings is 1. The zero-order valence-electron chi connectivity index (χ0n) is 18.8. The van der Waals surface area contributed by atoms with Crippen molar-refractivity contribution in [3.05, 3.63) is 17.7 Å². The monoisotopic (exact) mass is 420 g/mol. The Morgan fingerprint density at radius 1 is 1.10 bits per heavy atom. The molecule has 0 saturated carbocycles. The Morgan fingerprint density at radius 2 is 1.87 bits per heavy atom. The summed E-state index contributed by atoms with van der Waals surface area (Å²) in [4.78, 5) is 9.85. The standard InChI is InChI=1S/C22H36N4O4/c1-5-23-22(26-11-9-18(16-26)25-12-14-30-15-13-25)24-10-8-17-6-7-19(27-2)21(29-4)20(17)28-3/h6-7,18H,5,8-16H2,1-4H3,(H,23,24). The first kappa shape index (κ1) is 22.5. The summed E-state index contributed by atoms with van der Waals surface area (Å²) >= 11 is 0. The molecule has 0 radical (unpaired) electrons. The summed E-state index contributed by atoms with van der Waals surface area (Å²) in [6.07, 6.45) is 1.94. The number of hydrogen-bond acceptors (Lipinski definition) is 6. The zero-order chi connectivity index (χ0) is 21.3. The van der Waals surface area contributed by atoms with E-state index in [1.54, 1.807) is 21.3 Å². The van der Waals surface area contributed by atoms with Crippen molar-refractivity contribution in [2.24, 2.45) is 4.99 Å². The molecule has 0 aliphatic carbocycles. The first-order chi connectivity index (χ1) is 14.7. The highest BCUT2D eigenvalue weighted by atomic mass is 16.5. The Hall–Kier alpha value is -2.19. The largest absolute Gasteiger partial charge is 0.493 e. The Bertz CT molecular complexity index is 707. The fourth-order valence-electron chi connectivity index (χ4n) is 4.24.